The summed E-state index contributed by atoms with van der Waals surface area (Å²) in [5.41, 5.74) is 3.25. The van der Waals surface area contributed by atoms with Gasteiger partial charge in [0.1, 0.15) is 17.4 Å². The third kappa shape index (κ3) is 3.17. The highest BCUT2D eigenvalue weighted by Crippen LogP contribution is 2.30. The first kappa shape index (κ1) is 18.6. The number of hydrogen-bond donors (Lipinski definition) is 2. The molecular formula is C20H15ClFN6O2+. The van der Waals surface area contributed by atoms with Gasteiger partial charge >= 0.3 is 6.03 Å². The van der Waals surface area contributed by atoms with E-state index in [2.05, 4.69) is 25.5 Å². The summed E-state index contributed by atoms with van der Waals surface area (Å²) in [6, 6.07) is 5.52. The SMILES string of the molecule is O=C(Nc1cc(Cl)c(-c2ccc(F)nc2)cn1)[N+]1=C2CCC1Cc1cc(=O)[nH]nc12. The Morgan fingerprint density at radius 2 is 2.13 bits per heavy atom. The molecule has 150 valence electrons. The Morgan fingerprint density at radius 3 is 2.90 bits per heavy atom. The van der Waals surface area contributed by atoms with E-state index < -0.39 is 5.95 Å². The van der Waals surface area contributed by atoms with Crippen LogP contribution in [0.25, 0.3) is 11.1 Å². The fraction of sp³-hybridized carbons (Fsp3) is 0.200. The number of urea groups is 1. The summed E-state index contributed by atoms with van der Waals surface area (Å²) in [4.78, 5) is 32.4. The van der Waals surface area contributed by atoms with Gasteiger partial charge in [-0.1, -0.05) is 11.6 Å². The zero-order valence-corrected chi connectivity index (χ0v) is 16.3. The average Bonchev–Trinajstić information content (AvgIpc) is 3.04. The molecule has 5 heterocycles. The molecule has 0 saturated heterocycles. The number of fused-ring (bicyclic) bond motifs is 3. The number of carbonyl (C=O) groups is 1. The Balaban J connectivity index is 1.42. The maximum atomic E-state index is 13.0. The van der Waals surface area contributed by atoms with Crippen LogP contribution in [0.4, 0.5) is 15.0 Å². The summed E-state index contributed by atoms with van der Waals surface area (Å²) in [6.07, 6.45) is 4.96. The van der Waals surface area contributed by atoms with Gasteiger partial charge in [0.15, 0.2) is 0 Å². The second-order valence-corrected chi connectivity index (χ2v) is 7.58. The normalized spacial score (nSPS) is 17.1. The molecule has 2 N–H and O–H groups in total. The molecule has 0 radical (unpaired) electrons. The van der Waals surface area contributed by atoms with E-state index in [1.54, 1.807) is 22.8 Å². The van der Waals surface area contributed by atoms with Crippen molar-refractivity contribution in [2.24, 2.45) is 0 Å². The van der Waals surface area contributed by atoms with Crippen LogP contribution in [0.15, 0.2) is 41.5 Å². The number of nitrogens with one attached hydrogen (secondary N) is 2. The number of pyridine rings is 2. The van der Waals surface area contributed by atoms with Gasteiger partial charge in [0.2, 0.25) is 11.8 Å². The lowest BCUT2D eigenvalue weighted by molar-refractivity contribution is -0.460. The van der Waals surface area contributed by atoms with Crippen molar-refractivity contribution in [1.82, 2.24) is 20.2 Å². The maximum Gasteiger partial charge on any atom is 0.497 e. The van der Waals surface area contributed by atoms with Gasteiger partial charge in [-0.3, -0.25) is 4.79 Å². The number of aromatic nitrogens is 4. The minimum Gasteiger partial charge on any atom is -0.268 e. The summed E-state index contributed by atoms with van der Waals surface area (Å²) in [5, 5.41) is 9.71. The Kier molecular flexibility index (Phi) is 4.39. The first-order valence-electron chi connectivity index (χ1n) is 9.32. The van der Waals surface area contributed by atoms with Crippen LogP contribution < -0.4 is 10.9 Å². The standard InChI is InChI=1S/C20H14ClFN6O2/c21-14-7-17(24-9-13(14)10-1-4-16(22)23-8-10)25-20(30)28-12-2-3-15(28)19-11(5-12)6-18(29)26-27-19/h1,4,6-9,12H,2-3,5H2,(H,24,25,30)/p+1. The van der Waals surface area contributed by atoms with Gasteiger partial charge in [-0.2, -0.15) is 24.2 Å². The molecule has 2 aliphatic heterocycles. The van der Waals surface area contributed by atoms with Crippen LogP contribution in [0.3, 0.4) is 0 Å². The van der Waals surface area contributed by atoms with Crippen LogP contribution in [-0.4, -0.2) is 42.5 Å². The van der Waals surface area contributed by atoms with Crippen molar-refractivity contribution in [3.8, 4) is 11.1 Å². The number of nitrogens with zero attached hydrogens (tertiary/aromatic N) is 4. The molecular weight excluding hydrogens is 411 g/mol. The minimum absolute atomic E-state index is 0.0314. The van der Waals surface area contributed by atoms with Gasteiger partial charge in [0, 0.05) is 48.5 Å². The Hall–Kier alpha value is -3.46. The third-order valence-electron chi connectivity index (χ3n) is 5.33. The highest BCUT2D eigenvalue weighted by molar-refractivity contribution is 6.33. The van der Waals surface area contributed by atoms with Gasteiger partial charge in [0.25, 0.3) is 5.56 Å². The summed E-state index contributed by atoms with van der Waals surface area (Å²) in [5.74, 6) is -0.287. The van der Waals surface area contributed by atoms with Crippen LogP contribution in [0.5, 0.6) is 0 Å². The van der Waals surface area contributed by atoms with Gasteiger partial charge in [-0.05, 0) is 24.1 Å². The van der Waals surface area contributed by atoms with E-state index >= 15 is 0 Å². The van der Waals surface area contributed by atoms with E-state index in [1.165, 1.54) is 18.5 Å². The van der Waals surface area contributed by atoms with Gasteiger partial charge < -0.3 is 0 Å². The van der Waals surface area contributed by atoms with Gasteiger partial charge in [0.05, 0.1) is 5.02 Å². The first-order chi connectivity index (χ1) is 14.5. The molecule has 0 saturated carbocycles. The molecule has 2 bridgehead atoms. The molecule has 1 unspecified atom stereocenters. The van der Waals surface area contributed by atoms with Crippen molar-refractivity contribution < 1.29 is 13.8 Å². The highest BCUT2D eigenvalue weighted by Gasteiger charge is 2.41. The second kappa shape index (κ2) is 7.10. The van der Waals surface area contributed by atoms with E-state index in [4.69, 9.17) is 11.6 Å². The molecule has 3 aromatic heterocycles. The van der Waals surface area contributed by atoms with E-state index in [1.807, 2.05) is 0 Å². The van der Waals surface area contributed by atoms with E-state index in [9.17, 15) is 14.0 Å². The van der Waals surface area contributed by atoms with Crippen molar-refractivity contribution in [3.63, 3.8) is 0 Å². The lowest BCUT2D eigenvalue weighted by atomic mass is 10.0. The first-order valence-corrected chi connectivity index (χ1v) is 9.70. The number of amides is 2. The highest BCUT2D eigenvalue weighted by atomic mass is 35.5. The molecule has 0 fully saturated rings. The zero-order valence-electron chi connectivity index (χ0n) is 15.5. The number of carbonyl (C=O) groups excluding carboxylic acids is 1. The molecule has 2 amide bonds. The predicted molar refractivity (Wildman–Crippen MR) is 107 cm³/mol. The monoisotopic (exact) mass is 425 g/mol. The Bertz CT molecular complexity index is 1270. The van der Waals surface area contributed by atoms with Crippen LogP contribution in [0.2, 0.25) is 5.02 Å². The smallest absolute Gasteiger partial charge is 0.268 e. The lowest BCUT2D eigenvalue weighted by Crippen LogP contribution is -2.40. The summed E-state index contributed by atoms with van der Waals surface area (Å²) >= 11 is 6.35. The molecule has 0 spiro atoms. The predicted octanol–water partition coefficient (Wildman–Crippen LogP) is 2.77. The van der Waals surface area contributed by atoms with Crippen molar-refractivity contribution in [2.45, 2.75) is 25.3 Å². The van der Waals surface area contributed by atoms with Crippen molar-refractivity contribution in [1.29, 1.82) is 0 Å². The lowest BCUT2D eigenvalue weighted by Gasteiger charge is -2.18. The van der Waals surface area contributed by atoms with Gasteiger partial charge in [-0.25, -0.2) is 15.1 Å². The van der Waals surface area contributed by atoms with Crippen LogP contribution in [0, 0.1) is 5.95 Å². The molecule has 8 nitrogen and oxygen atoms in total. The Morgan fingerprint density at radius 1 is 1.27 bits per heavy atom. The topological polar surface area (TPSA) is 104 Å². The molecule has 30 heavy (non-hydrogen) atoms. The number of H-pyrrole nitrogens is 1. The number of rotatable bonds is 2. The molecule has 5 rings (SSSR count). The largest absolute Gasteiger partial charge is 0.497 e. The fourth-order valence-corrected chi connectivity index (χ4v) is 4.27. The molecule has 1 atom stereocenters. The van der Waals surface area contributed by atoms with Crippen LogP contribution >= 0.6 is 11.6 Å². The number of anilines is 1. The number of aromatic amines is 1. The minimum atomic E-state index is -0.583. The van der Waals surface area contributed by atoms with E-state index in [0.717, 1.165) is 17.7 Å². The molecule has 10 heteroatoms. The number of hydrogen-bond acceptors (Lipinski definition) is 5. The van der Waals surface area contributed by atoms with Crippen molar-refractivity contribution >= 4 is 29.2 Å². The molecule has 3 aromatic rings. The van der Waals surface area contributed by atoms with Crippen LogP contribution in [-0.2, 0) is 6.42 Å². The maximum absolute atomic E-state index is 13.0. The van der Waals surface area contributed by atoms with Crippen molar-refractivity contribution in [2.75, 3.05) is 5.32 Å². The molecule has 0 aliphatic carbocycles. The van der Waals surface area contributed by atoms with Crippen molar-refractivity contribution in [3.05, 3.63) is 69.2 Å². The zero-order chi connectivity index (χ0) is 20.8. The summed E-state index contributed by atoms with van der Waals surface area (Å²) in [7, 11) is 0. The average molecular weight is 426 g/mol. The molecule has 2 aliphatic rings. The van der Waals surface area contributed by atoms with Crippen LogP contribution in [0.1, 0.15) is 24.1 Å². The van der Waals surface area contributed by atoms with E-state index in [-0.39, 0.29) is 17.6 Å². The molecule has 0 aromatic carbocycles. The number of halogens is 2. The van der Waals surface area contributed by atoms with Gasteiger partial charge in [-0.15, -0.1) is 0 Å². The summed E-state index contributed by atoms with van der Waals surface area (Å²) in [6.45, 7) is 0. The third-order valence-corrected chi connectivity index (χ3v) is 5.64. The summed E-state index contributed by atoms with van der Waals surface area (Å²) < 4.78 is 14.7. The quantitative estimate of drug-likeness (QED) is 0.485. The Labute approximate surface area is 174 Å². The second-order valence-electron chi connectivity index (χ2n) is 7.17. The fourth-order valence-electron chi connectivity index (χ4n) is 4.01. The van der Waals surface area contributed by atoms with E-state index in [0.29, 0.717) is 40.5 Å².